The lowest BCUT2D eigenvalue weighted by atomic mass is 10.6. The molecule has 1 heteroatoms. The molecule has 0 bridgehead atoms. The standard InChI is InChI=1S/C5H13Si/c1-5(2)6(3)4/h5H,1-4H3. The van der Waals surface area contributed by atoms with Crippen molar-refractivity contribution in [1.29, 1.82) is 0 Å². The first-order chi connectivity index (χ1) is 2.64. The van der Waals surface area contributed by atoms with Gasteiger partial charge in [-0.05, 0) is 0 Å². The minimum absolute atomic E-state index is 0.0484. The summed E-state index contributed by atoms with van der Waals surface area (Å²) in [7, 11) is 0.0484. The fourth-order valence-corrected chi connectivity index (χ4v) is 0. The molecule has 0 atom stereocenters. The molecule has 0 rings (SSSR count). The predicted molar refractivity (Wildman–Crippen MR) is 32.6 cm³/mol. The van der Waals surface area contributed by atoms with Crippen molar-refractivity contribution in [3.8, 4) is 0 Å². The fourth-order valence-electron chi connectivity index (χ4n) is 0. The van der Waals surface area contributed by atoms with Crippen molar-refractivity contribution < 1.29 is 0 Å². The number of hydrogen-bond donors (Lipinski definition) is 0. The lowest BCUT2D eigenvalue weighted by Crippen LogP contribution is -2.03. The summed E-state index contributed by atoms with van der Waals surface area (Å²) in [5, 5.41) is 0. The topological polar surface area (TPSA) is 0 Å². The first-order valence-electron chi connectivity index (χ1n) is 2.44. The molecule has 37 valence electrons. The molecule has 0 saturated heterocycles. The Morgan fingerprint density at radius 3 is 1.33 bits per heavy atom. The molecular weight excluding hydrogens is 88.1 g/mol. The van der Waals surface area contributed by atoms with Crippen LogP contribution in [0.1, 0.15) is 13.8 Å². The molecule has 1 radical (unpaired) electrons. The highest BCUT2D eigenvalue weighted by atomic mass is 28.3. The molecule has 0 heterocycles. The first kappa shape index (κ1) is 6.22. The maximum atomic E-state index is 2.34. The van der Waals surface area contributed by atoms with Gasteiger partial charge < -0.3 is 0 Å². The van der Waals surface area contributed by atoms with Crippen LogP contribution in [0.4, 0.5) is 0 Å². The van der Waals surface area contributed by atoms with Gasteiger partial charge in [-0.3, -0.25) is 0 Å². The third kappa shape index (κ3) is 2.45. The zero-order chi connectivity index (χ0) is 5.15. The van der Waals surface area contributed by atoms with E-state index in [1.807, 2.05) is 0 Å². The molecule has 0 unspecified atom stereocenters. The Morgan fingerprint density at radius 2 is 1.33 bits per heavy atom. The van der Waals surface area contributed by atoms with Gasteiger partial charge in [-0.2, -0.15) is 0 Å². The monoisotopic (exact) mass is 101 g/mol. The van der Waals surface area contributed by atoms with Crippen LogP contribution in [0.15, 0.2) is 0 Å². The lowest BCUT2D eigenvalue weighted by Gasteiger charge is -2.03. The van der Waals surface area contributed by atoms with Gasteiger partial charge in [-0.15, -0.1) is 0 Å². The molecule has 0 spiro atoms. The van der Waals surface area contributed by atoms with E-state index < -0.39 is 0 Å². The Balaban J connectivity index is 2.99. The van der Waals surface area contributed by atoms with E-state index in [2.05, 4.69) is 26.9 Å². The smallest absolute Gasteiger partial charge is 0.0440 e. The molecule has 0 aliphatic heterocycles. The molecule has 0 amide bonds. The predicted octanol–water partition coefficient (Wildman–Crippen LogP) is 2.15. The van der Waals surface area contributed by atoms with Gasteiger partial charge in [0.25, 0.3) is 0 Å². The molecule has 0 fully saturated rings. The number of rotatable bonds is 1. The summed E-state index contributed by atoms with van der Waals surface area (Å²) in [5.41, 5.74) is 0.954. The second-order valence-electron chi connectivity index (χ2n) is 2.23. The quantitative estimate of drug-likeness (QED) is 0.444. The van der Waals surface area contributed by atoms with Gasteiger partial charge in [0.2, 0.25) is 0 Å². The van der Waals surface area contributed by atoms with E-state index in [-0.39, 0.29) is 8.80 Å². The van der Waals surface area contributed by atoms with Crippen LogP contribution in [0.25, 0.3) is 0 Å². The fraction of sp³-hybridized carbons (Fsp3) is 1.00. The molecule has 0 nitrogen and oxygen atoms in total. The second kappa shape index (κ2) is 2.40. The summed E-state index contributed by atoms with van der Waals surface area (Å²) in [6, 6.07) is 0. The molecular formula is C5H13Si. The van der Waals surface area contributed by atoms with Gasteiger partial charge in [0.1, 0.15) is 0 Å². The maximum absolute atomic E-state index is 2.34. The van der Waals surface area contributed by atoms with Crippen molar-refractivity contribution in [2.24, 2.45) is 0 Å². The zero-order valence-electron chi connectivity index (χ0n) is 5.08. The van der Waals surface area contributed by atoms with E-state index in [9.17, 15) is 0 Å². The Hall–Kier alpha value is 0.217. The Labute approximate surface area is 42.2 Å². The summed E-state index contributed by atoms with van der Waals surface area (Å²) in [6.07, 6.45) is 0. The highest BCUT2D eigenvalue weighted by Gasteiger charge is 1.98. The van der Waals surface area contributed by atoms with Gasteiger partial charge >= 0.3 is 0 Å². The summed E-state index contributed by atoms with van der Waals surface area (Å²) >= 11 is 0. The third-order valence-corrected chi connectivity index (χ3v) is 3.46. The lowest BCUT2D eigenvalue weighted by molar-refractivity contribution is 1.04. The summed E-state index contributed by atoms with van der Waals surface area (Å²) in [5.74, 6) is 0. The van der Waals surface area contributed by atoms with Crippen LogP contribution in [-0.2, 0) is 0 Å². The van der Waals surface area contributed by atoms with Crippen molar-refractivity contribution in [3.05, 3.63) is 0 Å². The third-order valence-electron chi connectivity index (χ3n) is 1.15. The van der Waals surface area contributed by atoms with Crippen LogP contribution >= 0.6 is 0 Å². The van der Waals surface area contributed by atoms with Crippen LogP contribution in [0.5, 0.6) is 0 Å². The zero-order valence-corrected chi connectivity index (χ0v) is 6.08. The molecule has 0 aliphatic carbocycles. The van der Waals surface area contributed by atoms with Gasteiger partial charge in [0.05, 0.1) is 0 Å². The minimum atomic E-state index is 0.0484. The molecule has 0 saturated carbocycles. The van der Waals surface area contributed by atoms with Gasteiger partial charge in [-0.25, -0.2) is 0 Å². The van der Waals surface area contributed by atoms with Gasteiger partial charge in [0, 0.05) is 8.80 Å². The van der Waals surface area contributed by atoms with Crippen LogP contribution < -0.4 is 0 Å². The summed E-state index contributed by atoms with van der Waals surface area (Å²) in [6.45, 7) is 9.26. The average molecular weight is 101 g/mol. The van der Waals surface area contributed by atoms with E-state index in [1.165, 1.54) is 0 Å². The highest BCUT2D eigenvalue weighted by molar-refractivity contribution is 6.57. The normalized spacial score (nSPS) is 11.0. The SMILES string of the molecule is CC(C)[Si](C)C. The van der Waals surface area contributed by atoms with Crippen molar-refractivity contribution >= 4 is 8.80 Å². The van der Waals surface area contributed by atoms with E-state index in [0.29, 0.717) is 0 Å². The Bertz CT molecular complexity index is 24.9. The molecule has 0 aromatic rings. The van der Waals surface area contributed by atoms with E-state index in [0.717, 1.165) is 5.54 Å². The van der Waals surface area contributed by atoms with E-state index >= 15 is 0 Å². The Kier molecular flexibility index (Phi) is 2.49. The summed E-state index contributed by atoms with van der Waals surface area (Å²) < 4.78 is 0. The van der Waals surface area contributed by atoms with Crippen LogP contribution in [0.3, 0.4) is 0 Å². The van der Waals surface area contributed by atoms with Crippen molar-refractivity contribution in [1.82, 2.24) is 0 Å². The highest BCUT2D eigenvalue weighted by Crippen LogP contribution is 2.04. The second-order valence-corrected chi connectivity index (χ2v) is 5.54. The van der Waals surface area contributed by atoms with E-state index in [1.54, 1.807) is 0 Å². The molecule has 0 aromatic carbocycles. The maximum Gasteiger partial charge on any atom is 0.0440 e. The van der Waals surface area contributed by atoms with Gasteiger partial charge in [0.15, 0.2) is 0 Å². The first-order valence-corrected chi connectivity index (χ1v) is 5.02. The number of hydrogen-bond acceptors (Lipinski definition) is 0. The van der Waals surface area contributed by atoms with Crippen molar-refractivity contribution in [2.75, 3.05) is 0 Å². The van der Waals surface area contributed by atoms with Crippen molar-refractivity contribution in [3.63, 3.8) is 0 Å². The Morgan fingerprint density at radius 1 is 1.17 bits per heavy atom. The molecule has 0 aromatic heterocycles. The largest absolute Gasteiger partial charge is 0.0711 e. The van der Waals surface area contributed by atoms with E-state index in [4.69, 9.17) is 0 Å². The van der Waals surface area contributed by atoms with Crippen molar-refractivity contribution in [2.45, 2.75) is 32.5 Å². The molecule has 0 N–H and O–H groups in total. The van der Waals surface area contributed by atoms with Crippen LogP contribution in [0, 0.1) is 0 Å². The average Bonchev–Trinajstić information content (AvgIpc) is 1.36. The summed E-state index contributed by atoms with van der Waals surface area (Å²) in [4.78, 5) is 0. The van der Waals surface area contributed by atoms with Gasteiger partial charge in [-0.1, -0.05) is 32.5 Å². The molecule has 0 aliphatic rings. The van der Waals surface area contributed by atoms with Crippen LogP contribution in [-0.4, -0.2) is 8.80 Å². The minimum Gasteiger partial charge on any atom is -0.0711 e. The molecule has 6 heavy (non-hydrogen) atoms. The van der Waals surface area contributed by atoms with Crippen LogP contribution in [0.2, 0.25) is 18.6 Å².